The number of aliphatic hydroxyl groups excluding tert-OH is 4. The van der Waals surface area contributed by atoms with Gasteiger partial charge in [0, 0.05) is 0 Å². The average Bonchev–Trinajstić information content (AvgIpc) is 2.99. The molecule has 42 heavy (non-hydrogen) atoms. The van der Waals surface area contributed by atoms with Crippen molar-refractivity contribution in [1.29, 1.82) is 0 Å². The lowest BCUT2D eigenvalue weighted by Gasteiger charge is -2.27. The first-order valence-electron chi connectivity index (χ1n) is 17.4. The van der Waals surface area contributed by atoms with Gasteiger partial charge in [-0.15, -0.1) is 0 Å². The molecule has 0 rings (SSSR count). The van der Waals surface area contributed by atoms with E-state index in [2.05, 4.69) is 55.6 Å². The number of hydrogen-bond donors (Lipinski definition) is 5. The normalized spacial score (nSPS) is 15.1. The van der Waals surface area contributed by atoms with Gasteiger partial charge in [-0.05, 0) is 70.6 Å². The molecule has 4 atom stereocenters. The van der Waals surface area contributed by atoms with Crippen LogP contribution < -0.4 is 5.32 Å². The Bertz CT molecular complexity index is 678. The molecule has 0 heterocycles. The van der Waals surface area contributed by atoms with Gasteiger partial charge in [0.15, 0.2) is 0 Å². The van der Waals surface area contributed by atoms with Gasteiger partial charge in [-0.25, -0.2) is 0 Å². The van der Waals surface area contributed by atoms with Gasteiger partial charge in [0.05, 0.1) is 18.8 Å². The molecule has 4 unspecified atom stereocenters. The van der Waals surface area contributed by atoms with Gasteiger partial charge in [0.1, 0.15) is 12.2 Å². The molecule has 1 amide bonds. The van der Waals surface area contributed by atoms with E-state index in [4.69, 9.17) is 0 Å². The van der Waals surface area contributed by atoms with Gasteiger partial charge < -0.3 is 25.7 Å². The van der Waals surface area contributed by atoms with Crippen LogP contribution in [0.2, 0.25) is 0 Å². The second-order valence-corrected chi connectivity index (χ2v) is 11.8. The number of carbonyl (C=O) groups excluding carboxylic acids is 1. The van der Waals surface area contributed by atoms with E-state index in [0.29, 0.717) is 19.3 Å². The van der Waals surface area contributed by atoms with Crippen molar-refractivity contribution in [3.05, 3.63) is 36.5 Å². The second kappa shape index (κ2) is 31.0. The molecule has 246 valence electrons. The molecule has 0 aromatic carbocycles. The first kappa shape index (κ1) is 40.5. The topological polar surface area (TPSA) is 110 Å². The van der Waals surface area contributed by atoms with Gasteiger partial charge in [-0.3, -0.25) is 4.79 Å². The third kappa shape index (κ3) is 25.1. The highest BCUT2D eigenvalue weighted by molar-refractivity contribution is 5.80. The van der Waals surface area contributed by atoms with E-state index in [1.54, 1.807) is 0 Å². The predicted molar refractivity (Wildman–Crippen MR) is 177 cm³/mol. The molecular formula is C36H67NO5. The summed E-state index contributed by atoms with van der Waals surface area (Å²) in [6, 6.07) is -1.01. The van der Waals surface area contributed by atoms with Gasteiger partial charge in [-0.2, -0.15) is 0 Å². The zero-order chi connectivity index (χ0) is 31.1. The molecule has 0 radical (unpaired) electrons. The molecule has 0 aromatic rings. The van der Waals surface area contributed by atoms with Crippen LogP contribution in [0.1, 0.15) is 155 Å². The molecule has 5 N–H and O–H groups in total. The van der Waals surface area contributed by atoms with Crippen molar-refractivity contribution >= 4 is 5.91 Å². The van der Waals surface area contributed by atoms with Crippen LogP contribution in [-0.2, 0) is 4.79 Å². The van der Waals surface area contributed by atoms with Crippen LogP contribution >= 0.6 is 0 Å². The fourth-order valence-corrected chi connectivity index (χ4v) is 4.93. The summed E-state index contributed by atoms with van der Waals surface area (Å²) in [5.41, 5.74) is 0. The molecule has 0 aliphatic heterocycles. The van der Waals surface area contributed by atoms with Crippen molar-refractivity contribution < 1.29 is 25.2 Å². The Balaban J connectivity index is 3.93. The minimum atomic E-state index is -1.29. The SMILES string of the molecule is CCCC/C=C\CCCCCC(O)C(=O)NC(CO)C(O)C(O)CCC/C=C/CC/C=C/CCCCCCCCCC. The van der Waals surface area contributed by atoms with E-state index in [1.165, 1.54) is 70.6 Å². The maximum atomic E-state index is 12.3. The van der Waals surface area contributed by atoms with Crippen molar-refractivity contribution in [2.75, 3.05) is 6.61 Å². The summed E-state index contributed by atoms with van der Waals surface area (Å²) >= 11 is 0. The second-order valence-electron chi connectivity index (χ2n) is 11.8. The molecule has 0 fully saturated rings. The van der Waals surface area contributed by atoms with E-state index >= 15 is 0 Å². The van der Waals surface area contributed by atoms with E-state index < -0.39 is 36.9 Å². The maximum Gasteiger partial charge on any atom is 0.249 e. The summed E-state index contributed by atoms with van der Waals surface area (Å²) in [6.07, 6.45) is 33.2. The van der Waals surface area contributed by atoms with E-state index in [0.717, 1.165) is 51.4 Å². The Hall–Kier alpha value is -1.47. The van der Waals surface area contributed by atoms with Crippen LogP contribution in [0.25, 0.3) is 0 Å². The highest BCUT2D eigenvalue weighted by atomic mass is 16.3. The summed E-state index contributed by atoms with van der Waals surface area (Å²) in [6.45, 7) is 3.93. The van der Waals surface area contributed by atoms with Crippen molar-refractivity contribution in [2.45, 2.75) is 179 Å². The van der Waals surface area contributed by atoms with Gasteiger partial charge >= 0.3 is 0 Å². The summed E-state index contributed by atoms with van der Waals surface area (Å²) < 4.78 is 0. The third-order valence-corrected chi connectivity index (χ3v) is 7.80. The minimum Gasteiger partial charge on any atom is -0.394 e. The van der Waals surface area contributed by atoms with E-state index in [1.807, 2.05) is 0 Å². The van der Waals surface area contributed by atoms with Crippen molar-refractivity contribution in [3.63, 3.8) is 0 Å². The van der Waals surface area contributed by atoms with Crippen LogP contribution in [0.15, 0.2) is 36.5 Å². The lowest BCUT2D eigenvalue weighted by molar-refractivity contribution is -0.132. The van der Waals surface area contributed by atoms with Crippen molar-refractivity contribution in [2.24, 2.45) is 0 Å². The fourth-order valence-electron chi connectivity index (χ4n) is 4.93. The Morgan fingerprint density at radius 1 is 0.571 bits per heavy atom. The van der Waals surface area contributed by atoms with Gasteiger partial charge in [-0.1, -0.05) is 121 Å². The molecule has 6 nitrogen and oxygen atoms in total. The number of rotatable bonds is 30. The van der Waals surface area contributed by atoms with E-state index in [9.17, 15) is 25.2 Å². The van der Waals surface area contributed by atoms with Crippen molar-refractivity contribution in [3.8, 4) is 0 Å². The van der Waals surface area contributed by atoms with Crippen LogP contribution in [0.3, 0.4) is 0 Å². The molecule has 0 saturated heterocycles. The Morgan fingerprint density at radius 3 is 1.57 bits per heavy atom. The lowest BCUT2D eigenvalue weighted by Crippen LogP contribution is -2.53. The van der Waals surface area contributed by atoms with Crippen molar-refractivity contribution in [1.82, 2.24) is 5.32 Å². The number of nitrogens with one attached hydrogen (secondary N) is 1. The van der Waals surface area contributed by atoms with Crippen LogP contribution in [0.4, 0.5) is 0 Å². The molecule has 0 spiro atoms. The maximum absolute atomic E-state index is 12.3. The quantitative estimate of drug-likeness (QED) is 0.0431. The number of amides is 1. The summed E-state index contributed by atoms with van der Waals surface area (Å²) in [7, 11) is 0. The Labute approximate surface area is 258 Å². The Kier molecular flexibility index (Phi) is 29.9. The smallest absolute Gasteiger partial charge is 0.249 e. The zero-order valence-corrected chi connectivity index (χ0v) is 27.2. The number of carbonyl (C=O) groups is 1. The standard InChI is InChI=1S/C36H67NO5/c1-3-5-7-9-11-13-14-15-16-17-18-19-20-22-23-25-27-29-33(39)35(41)32(31-38)37-36(42)34(40)30-28-26-24-21-12-10-8-6-4-2/h10,12,17-18,22-23,32-35,38-41H,3-9,11,13-16,19-21,24-31H2,1-2H3,(H,37,42)/b12-10-,18-17+,23-22+. The first-order chi connectivity index (χ1) is 20.5. The van der Waals surface area contributed by atoms with Crippen LogP contribution in [0.5, 0.6) is 0 Å². The molecule has 0 saturated carbocycles. The first-order valence-corrected chi connectivity index (χ1v) is 17.4. The highest BCUT2D eigenvalue weighted by Crippen LogP contribution is 2.12. The van der Waals surface area contributed by atoms with Crippen LogP contribution in [0, 0.1) is 0 Å². The summed E-state index contributed by atoms with van der Waals surface area (Å²) in [5, 5.41) is 43.2. The molecular weight excluding hydrogens is 526 g/mol. The zero-order valence-electron chi connectivity index (χ0n) is 27.2. The largest absolute Gasteiger partial charge is 0.394 e. The fraction of sp³-hybridized carbons (Fsp3) is 0.806. The predicted octanol–water partition coefficient (Wildman–Crippen LogP) is 7.84. The number of hydrogen-bond acceptors (Lipinski definition) is 5. The van der Waals surface area contributed by atoms with Crippen LogP contribution in [-0.4, -0.2) is 57.3 Å². The number of allylic oxidation sites excluding steroid dienone is 6. The Morgan fingerprint density at radius 2 is 1.02 bits per heavy atom. The monoisotopic (exact) mass is 594 g/mol. The summed E-state index contributed by atoms with van der Waals surface area (Å²) in [4.78, 5) is 12.3. The average molecular weight is 594 g/mol. The molecule has 0 bridgehead atoms. The molecule has 6 heteroatoms. The summed E-state index contributed by atoms with van der Waals surface area (Å²) in [5.74, 6) is -0.616. The highest BCUT2D eigenvalue weighted by Gasteiger charge is 2.28. The number of unbranched alkanes of at least 4 members (excludes halogenated alkanes) is 15. The molecule has 0 aliphatic rings. The van der Waals surface area contributed by atoms with Gasteiger partial charge in [0.2, 0.25) is 5.91 Å². The van der Waals surface area contributed by atoms with E-state index in [-0.39, 0.29) is 0 Å². The third-order valence-electron chi connectivity index (χ3n) is 7.80. The molecule has 0 aromatic heterocycles. The number of aliphatic hydroxyl groups is 4. The molecule has 0 aliphatic carbocycles. The lowest BCUT2D eigenvalue weighted by atomic mass is 10.00. The minimum absolute atomic E-state index is 0.337. The van der Waals surface area contributed by atoms with Gasteiger partial charge in [0.25, 0.3) is 0 Å².